The van der Waals surface area contributed by atoms with E-state index in [1.807, 2.05) is 25.8 Å². The van der Waals surface area contributed by atoms with Crippen LogP contribution in [0.15, 0.2) is 35.3 Å². The second-order valence-corrected chi connectivity index (χ2v) is 10.1. The van der Waals surface area contributed by atoms with Crippen molar-refractivity contribution in [2.45, 2.75) is 45.2 Å². The van der Waals surface area contributed by atoms with Gasteiger partial charge in [0, 0.05) is 61.7 Å². The molecule has 3 heterocycles. The van der Waals surface area contributed by atoms with Crippen molar-refractivity contribution in [3.8, 4) is 0 Å². The molecule has 0 unspecified atom stereocenters. The maximum atomic E-state index is 15.6. The lowest BCUT2D eigenvalue weighted by atomic mass is 9.98. The van der Waals surface area contributed by atoms with Gasteiger partial charge in [0.1, 0.15) is 5.82 Å². The summed E-state index contributed by atoms with van der Waals surface area (Å²) < 4.78 is 42.9. The van der Waals surface area contributed by atoms with Crippen LogP contribution >= 0.6 is 0 Å². The number of amides is 2. The Morgan fingerprint density at radius 2 is 1.82 bits per heavy atom. The maximum absolute atomic E-state index is 15.6. The zero-order valence-corrected chi connectivity index (χ0v) is 22.0. The zero-order chi connectivity index (χ0) is 28.4. The maximum Gasteiger partial charge on any atom is 0.407 e. The van der Waals surface area contributed by atoms with E-state index in [9.17, 15) is 28.3 Å². The predicted octanol–water partition coefficient (Wildman–Crippen LogP) is 4.39. The number of carbonyl (C=O) groups excluding carboxylic acids is 1. The molecule has 1 fully saturated rings. The Morgan fingerprint density at radius 1 is 1.13 bits per heavy atom. The van der Waals surface area contributed by atoms with Crippen molar-refractivity contribution in [3.63, 3.8) is 0 Å². The van der Waals surface area contributed by atoms with Gasteiger partial charge >= 0.3 is 6.09 Å². The third-order valence-electron chi connectivity index (χ3n) is 7.53. The van der Waals surface area contributed by atoms with E-state index < -0.39 is 40.9 Å². The Balaban J connectivity index is 1.75. The minimum atomic E-state index is -3.05. The average molecular weight is 548 g/mol. The van der Waals surface area contributed by atoms with Crippen LogP contribution in [-0.2, 0) is 0 Å². The van der Waals surface area contributed by atoms with Crippen molar-refractivity contribution in [2.24, 2.45) is 0 Å². The summed E-state index contributed by atoms with van der Waals surface area (Å²) in [5.41, 5.74) is -0.437. The van der Waals surface area contributed by atoms with Gasteiger partial charge in [-0.2, -0.15) is 0 Å². The first-order valence-electron chi connectivity index (χ1n) is 12.8. The van der Waals surface area contributed by atoms with Crippen LogP contribution in [-0.4, -0.2) is 77.2 Å². The normalized spacial score (nSPS) is 20.5. The van der Waals surface area contributed by atoms with E-state index in [1.54, 1.807) is 6.08 Å². The molecule has 2 aromatic rings. The van der Waals surface area contributed by atoms with Crippen molar-refractivity contribution in [3.05, 3.63) is 63.3 Å². The Morgan fingerprint density at radius 3 is 2.46 bits per heavy atom. The molecule has 1 aromatic carbocycles. The number of aromatic amines is 1. The molecular weight excluding hydrogens is 515 g/mol. The smallest absolute Gasteiger partial charge is 0.407 e. The van der Waals surface area contributed by atoms with Gasteiger partial charge in [-0.15, -0.1) is 0 Å². The van der Waals surface area contributed by atoms with Crippen LogP contribution in [0.2, 0.25) is 0 Å². The van der Waals surface area contributed by atoms with Crippen molar-refractivity contribution < 1.29 is 27.9 Å². The number of likely N-dealkylation sites (N-methyl/N-ethyl adjacent to an activating group) is 1. The molecule has 0 saturated carbocycles. The van der Waals surface area contributed by atoms with E-state index in [0.29, 0.717) is 36.8 Å². The predicted molar refractivity (Wildman–Crippen MR) is 142 cm³/mol. The zero-order valence-electron chi connectivity index (χ0n) is 22.0. The SMILES string of the molecule is C[C@@H]1CN(c2cc(F)c(C3=CCCN(C(=O)O)CC3)cc2NC(=O)c2c[nH]c(=O)cc2C(F)F)C[C@H](C)N1C. The largest absolute Gasteiger partial charge is 0.465 e. The molecule has 2 aliphatic heterocycles. The highest BCUT2D eigenvalue weighted by atomic mass is 19.3. The van der Waals surface area contributed by atoms with Crippen molar-refractivity contribution in [1.29, 1.82) is 0 Å². The van der Waals surface area contributed by atoms with E-state index in [0.717, 1.165) is 6.20 Å². The number of hydrogen-bond donors (Lipinski definition) is 3. The number of carboxylic acid groups (broad SMARTS) is 1. The standard InChI is InChI=1S/C27H32F3N5O4/c1-15-13-35(14-16(2)33(15)3)23-11-21(28)18(17-5-4-7-34(8-6-17)27(38)39)9-22(23)32-26(37)20-12-31-24(36)10-19(20)25(29)30/h5,9-12,15-16,25H,4,6-8,13-14H2,1-3H3,(H,31,36)(H,32,37)(H,38,39)/t15-,16+. The molecule has 2 aliphatic rings. The molecule has 9 nitrogen and oxygen atoms in total. The fourth-order valence-electron chi connectivity index (χ4n) is 5.13. The number of H-pyrrole nitrogens is 1. The molecule has 210 valence electrons. The summed E-state index contributed by atoms with van der Waals surface area (Å²) in [5, 5.41) is 12.0. The summed E-state index contributed by atoms with van der Waals surface area (Å²) in [5.74, 6) is -1.41. The number of piperazine rings is 1. The van der Waals surface area contributed by atoms with Crippen LogP contribution in [0.25, 0.3) is 5.57 Å². The summed E-state index contributed by atoms with van der Waals surface area (Å²) in [6, 6.07) is 3.74. The molecule has 0 aliphatic carbocycles. The Kier molecular flexibility index (Phi) is 8.34. The minimum absolute atomic E-state index is 0.122. The van der Waals surface area contributed by atoms with Gasteiger partial charge in [-0.25, -0.2) is 18.0 Å². The fraction of sp³-hybridized carbons (Fsp3) is 0.444. The lowest BCUT2D eigenvalue weighted by Crippen LogP contribution is -2.55. The molecule has 3 N–H and O–H groups in total. The van der Waals surface area contributed by atoms with Gasteiger partial charge in [0.25, 0.3) is 12.3 Å². The van der Waals surface area contributed by atoms with Gasteiger partial charge in [0.2, 0.25) is 5.56 Å². The van der Waals surface area contributed by atoms with Crippen molar-refractivity contribution >= 4 is 28.9 Å². The number of nitrogens with zero attached hydrogens (tertiary/aromatic N) is 3. The van der Waals surface area contributed by atoms with Crippen LogP contribution in [0.5, 0.6) is 0 Å². The monoisotopic (exact) mass is 547 g/mol. The fourth-order valence-corrected chi connectivity index (χ4v) is 5.13. The summed E-state index contributed by atoms with van der Waals surface area (Å²) >= 11 is 0. The first-order valence-corrected chi connectivity index (χ1v) is 12.8. The highest BCUT2D eigenvalue weighted by molar-refractivity contribution is 6.07. The van der Waals surface area contributed by atoms with Gasteiger partial charge < -0.3 is 25.2 Å². The summed E-state index contributed by atoms with van der Waals surface area (Å²) in [6.07, 6.45) is -0.714. The third-order valence-corrected chi connectivity index (χ3v) is 7.53. The summed E-state index contributed by atoms with van der Waals surface area (Å²) in [7, 11) is 2.00. The average Bonchev–Trinajstić information content (AvgIpc) is 3.14. The van der Waals surface area contributed by atoms with Crippen LogP contribution in [0.1, 0.15) is 54.6 Å². The number of rotatable bonds is 5. The number of nitrogens with one attached hydrogen (secondary N) is 2. The number of aromatic nitrogens is 1. The first kappa shape index (κ1) is 28.2. The molecule has 2 atom stereocenters. The number of alkyl halides is 2. The molecule has 1 saturated heterocycles. The lowest BCUT2D eigenvalue weighted by Gasteiger charge is -2.44. The molecule has 1 aromatic heterocycles. The van der Waals surface area contributed by atoms with E-state index in [-0.39, 0.29) is 42.8 Å². The summed E-state index contributed by atoms with van der Waals surface area (Å²) in [6.45, 7) is 5.62. The van der Waals surface area contributed by atoms with Crippen molar-refractivity contribution in [1.82, 2.24) is 14.8 Å². The molecule has 0 spiro atoms. The van der Waals surface area contributed by atoms with E-state index in [2.05, 4.69) is 15.2 Å². The topological polar surface area (TPSA) is 109 Å². The first-order chi connectivity index (χ1) is 18.5. The Hall–Kier alpha value is -3.80. The number of hydrogen-bond acceptors (Lipinski definition) is 5. The molecule has 12 heteroatoms. The van der Waals surface area contributed by atoms with Crippen LogP contribution in [0, 0.1) is 5.82 Å². The van der Waals surface area contributed by atoms with E-state index in [1.165, 1.54) is 17.0 Å². The molecule has 4 rings (SSSR count). The van der Waals surface area contributed by atoms with E-state index in [4.69, 9.17) is 0 Å². The van der Waals surface area contributed by atoms with E-state index >= 15 is 4.39 Å². The molecule has 39 heavy (non-hydrogen) atoms. The van der Waals surface area contributed by atoms with Gasteiger partial charge in [0.05, 0.1) is 16.9 Å². The number of pyridine rings is 1. The third kappa shape index (κ3) is 6.11. The van der Waals surface area contributed by atoms with Gasteiger partial charge in [-0.1, -0.05) is 6.08 Å². The van der Waals surface area contributed by atoms with Crippen LogP contribution in [0.3, 0.4) is 0 Å². The summed E-state index contributed by atoms with van der Waals surface area (Å²) in [4.78, 5) is 43.9. The molecular formula is C27H32F3N5O4. The van der Waals surface area contributed by atoms with Crippen LogP contribution < -0.4 is 15.8 Å². The molecule has 0 bridgehead atoms. The van der Waals surface area contributed by atoms with Gasteiger partial charge in [0.15, 0.2) is 0 Å². The van der Waals surface area contributed by atoms with Gasteiger partial charge in [-0.3, -0.25) is 14.5 Å². The van der Waals surface area contributed by atoms with Crippen molar-refractivity contribution in [2.75, 3.05) is 43.4 Å². The number of halogens is 3. The number of carbonyl (C=O) groups is 2. The highest BCUT2D eigenvalue weighted by Crippen LogP contribution is 2.36. The Bertz CT molecular complexity index is 1330. The lowest BCUT2D eigenvalue weighted by molar-refractivity contribution is 0.101. The van der Waals surface area contributed by atoms with Crippen LogP contribution in [0.4, 0.5) is 29.3 Å². The molecule has 0 radical (unpaired) electrons. The number of benzene rings is 1. The minimum Gasteiger partial charge on any atom is -0.465 e. The second-order valence-electron chi connectivity index (χ2n) is 10.1. The Labute approximate surface area is 223 Å². The molecule has 2 amide bonds. The highest BCUT2D eigenvalue weighted by Gasteiger charge is 2.30. The second kappa shape index (κ2) is 11.5. The number of anilines is 2. The quantitative estimate of drug-likeness (QED) is 0.513. The van der Waals surface area contributed by atoms with Gasteiger partial charge in [-0.05, 0) is 51.4 Å².